The average Bonchev–Trinajstić information content (AvgIpc) is 2.29. The van der Waals surface area contributed by atoms with Crippen LogP contribution in [-0.4, -0.2) is 36.1 Å². The molecule has 1 heterocycles. The van der Waals surface area contributed by atoms with E-state index in [4.69, 9.17) is 0 Å². The Balaban J connectivity index is 2.70. The SMILES string of the molecule is CCNc1ncc(F)c(NCC(=O)OC)n1. The summed E-state index contributed by atoms with van der Waals surface area (Å²) in [5.41, 5.74) is 0. The fourth-order valence-electron chi connectivity index (χ4n) is 0.962. The van der Waals surface area contributed by atoms with Crippen molar-refractivity contribution in [2.75, 3.05) is 30.8 Å². The minimum absolute atomic E-state index is 0.0312. The summed E-state index contributed by atoms with van der Waals surface area (Å²) in [6, 6.07) is 0. The van der Waals surface area contributed by atoms with E-state index in [9.17, 15) is 9.18 Å². The van der Waals surface area contributed by atoms with Gasteiger partial charge in [0.05, 0.1) is 13.3 Å². The van der Waals surface area contributed by atoms with Gasteiger partial charge in [-0.15, -0.1) is 0 Å². The molecular weight excluding hydrogens is 215 g/mol. The number of hydrogen-bond acceptors (Lipinski definition) is 6. The van der Waals surface area contributed by atoms with E-state index in [-0.39, 0.29) is 12.4 Å². The number of carbonyl (C=O) groups excluding carboxylic acids is 1. The number of aromatic nitrogens is 2. The second-order valence-electron chi connectivity index (χ2n) is 2.85. The monoisotopic (exact) mass is 228 g/mol. The number of methoxy groups -OCH3 is 1. The molecule has 0 unspecified atom stereocenters. The lowest BCUT2D eigenvalue weighted by molar-refractivity contribution is -0.138. The van der Waals surface area contributed by atoms with Gasteiger partial charge in [0.15, 0.2) is 11.6 Å². The van der Waals surface area contributed by atoms with Gasteiger partial charge in [0.1, 0.15) is 6.54 Å². The number of esters is 1. The molecule has 1 rings (SSSR count). The molecule has 88 valence electrons. The third-order valence-corrected chi connectivity index (χ3v) is 1.71. The van der Waals surface area contributed by atoms with Crippen molar-refractivity contribution in [2.45, 2.75) is 6.92 Å². The summed E-state index contributed by atoms with van der Waals surface area (Å²) in [5.74, 6) is -0.846. The summed E-state index contributed by atoms with van der Waals surface area (Å²) in [4.78, 5) is 18.4. The van der Waals surface area contributed by atoms with E-state index in [2.05, 4.69) is 25.3 Å². The van der Waals surface area contributed by atoms with E-state index in [0.717, 1.165) is 6.20 Å². The average molecular weight is 228 g/mol. The molecule has 0 amide bonds. The molecule has 0 fully saturated rings. The molecule has 7 heteroatoms. The first-order valence-electron chi connectivity index (χ1n) is 4.74. The molecule has 0 saturated heterocycles. The van der Waals surface area contributed by atoms with Crippen LogP contribution in [0.15, 0.2) is 6.20 Å². The van der Waals surface area contributed by atoms with Gasteiger partial charge in [-0.05, 0) is 6.92 Å². The van der Waals surface area contributed by atoms with E-state index < -0.39 is 11.8 Å². The number of ether oxygens (including phenoxy) is 1. The standard InChI is InChI=1S/C9H13FN4O2/c1-3-11-9-13-4-6(10)8(14-9)12-5-7(15)16-2/h4H,3,5H2,1-2H3,(H2,11,12,13,14). The predicted molar refractivity (Wildman–Crippen MR) is 56.7 cm³/mol. The van der Waals surface area contributed by atoms with Gasteiger partial charge in [-0.1, -0.05) is 0 Å². The number of rotatable bonds is 5. The molecule has 6 nitrogen and oxygen atoms in total. The Morgan fingerprint density at radius 2 is 2.31 bits per heavy atom. The smallest absolute Gasteiger partial charge is 0.325 e. The van der Waals surface area contributed by atoms with Crippen molar-refractivity contribution in [1.29, 1.82) is 0 Å². The van der Waals surface area contributed by atoms with Crippen molar-refractivity contribution < 1.29 is 13.9 Å². The predicted octanol–water partition coefficient (Wildman–Crippen LogP) is 0.632. The first-order chi connectivity index (χ1) is 7.67. The van der Waals surface area contributed by atoms with Gasteiger partial charge in [-0.25, -0.2) is 9.37 Å². The molecule has 1 aromatic rings. The van der Waals surface area contributed by atoms with Crippen LogP contribution in [0.2, 0.25) is 0 Å². The third-order valence-electron chi connectivity index (χ3n) is 1.71. The van der Waals surface area contributed by atoms with E-state index in [0.29, 0.717) is 12.5 Å². The molecule has 0 saturated carbocycles. The second-order valence-corrected chi connectivity index (χ2v) is 2.85. The van der Waals surface area contributed by atoms with Crippen LogP contribution in [-0.2, 0) is 9.53 Å². The first-order valence-corrected chi connectivity index (χ1v) is 4.74. The lowest BCUT2D eigenvalue weighted by Gasteiger charge is -2.07. The number of anilines is 2. The summed E-state index contributed by atoms with van der Waals surface area (Å²) in [5, 5.41) is 5.35. The highest BCUT2D eigenvalue weighted by Gasteiger charge is 2.08. The van der Waals surface area contributed by atoms with Gasteiger partial charge >= 0.3 is 5.97 Å². The van der Waals surface area contributed by atoms with Gasteiger partial charge < -0.3 is 15.4 Å². The van der Waals surface area contributed by atoms with Crippen molar-refractivity contribution in [3.05, 3.63) is 12.0 Å². The lowest BCUT2D eigenvalue weighted by atomic mass is 10.5. The highest BCUT2D eigenvalue weighted by atomic mass is 19.1. The van der Waals surface area contributed by atoms with Gasteiger partial charge in [0.2, 0.25) is 5.95 Å². The number of hydrogen-bond donors (Lipinski definition) is 2. The van der Waals surface area contributed by atoms with Gasteiger partial charge in [0.25, 0.3) is 0 Å². The number of nitrogens with one attached hydrogen (secondary N) is 2. The lowest BCUT2D eigenvalue weighted by Crippen LogP contribution is -2.17. The normalized spacial score (nSPS) is 9.69. The Labute approximate surface area is 92.2 Å². The summed E-state index contributed by atoms with van der Waals surface area (Å²) < 4.78 is 17.6. The van der Waals surface area contributed by atoms with Crippen LogP contribution >= 0.6 is 0 Å². The summed E-state index contributed by atoms with van der Waals surface area (Å²) >= 11 is 0. The van der Waals surface area contributed by atoms with Crippen molar-refractivity contribution in [3.8, 4) is 0 Å². The molecule has 2 N–H and O–H groups in total. The molecule has 1 aromatic heterocycles. The maximum Gasteiger partial charge on any atom is 0.325 e. The molecule has 0 aliphatic carbocycles. The highest BCUT2D eigenvalue weighted by molar-refractivity contribution is 5.74. The quantitative estimate of drug-likeness (QED) is 0.720. The van der Waals surface area contributed by atoms with Crippen LogP contribution in [0, 0.1) is 5.82 Å². The van der Waals surface area contributed by atoms with Crippen LogP contribution in [0.25, 0.3) is 0 Å². The summed E-state index contributed by atoms with van der Waals surface area (Å²) in [6.07, 6.45) is 1.03. The Kier molecular flexibility index (Phi) is 4.43. The number of halogens is 1. The van der Waals surface area contributed by atoms with Crippen molar-refractivity contribution in [3.63, 3.8) is 0 Å². The maximum absolute atomic E-state index is 13.2. The van der Waals surface area contributed by atoms with E-state index in [1.807, 2.05) is 6.92 Å². The zero-order valence-corrected chi connectivity index (χ0v) is 9.08. The van der Waals surface area contributed by atoms with Crippen molar-refractivity contribution >= 4 is 17.7 Å². The van der Waals surface area contributed by atoms with Gasteiger partial charge in [-0.3, -0.25) is 4.79 Å². The van der Waals surface area contributed by atoms with Gasteiger partial charge in [-0.2, -0.15) is 4.98 Å². The molecule has 0 bridgehead atoms. The molecule has 0 aromatic carbocycles. The fourth-order valence-corrected chi connectivity index (χ4v) is 0.962. The van der Waals surface area contributed by atoms with Crippen molar-refractivity contribution in [1.82, 2.24) is 9.97 Å². The zero-order valence-electron chi connectivity index (χ0n) is 9.08. The van der Waals surface area contributed by atoms with Crippen LogP contribution in [0.1, 0.15) is 6.92 Å². The molecule has 0 aliphatic heterocycles. The molecule has 0 aliphatic rings. The second kappa shape index (κ2) is 5.84. The zero-order chi connectivity index (χ0) is 12.0. The van der Waals surface area contributed by atoms with Crippen LogP contribution in [0.3, 0.4) is 0 Å². The number of carbonyl (C=O) groups is 1. The molecule has 0 atom stereocenters. The molecule has 0 radical (unpaired) electrons. The fraction of sp³-hybridized carbons (Fsp3) is 0.444. The van der Waals surface area contributed by atoms with Crippen molar-refractivity contribution in [2.24, 2.45) is 0 Å². The van der Waals surface area contributed by atoms with Gasteiger partial charge in [0, 0.05) is 6.54 Å². The molecule has 0 spiro atoms. The van der Waals surface area contributed by atoms with Crippen LogP contribution < -0.4 is 10.6 Å². The highest BCUT2D eigenvalue weighted by Crippen LogP contribution is 2.11. The minimum Gasteiger partial charge on any atom is -0.468 e. The Morgan fingerprint density at radius 3 is 2.94 bits per heavy atom. The van der Waals surface area contributed by atoms with Crippen LogP contribution in [0.4, 0.5) is 16.2 Å². The minimum atomic E-state index is -0.620. The third kappa shape index (κ3) is 3.34. The van der Waals surface area contributed by atoms with E-state index in [1.165, 1.54) is 7.11 Å². The van der Waals surface area contributed by atoms with E-state index >= 15 is 0 Å². The van der Waals surface area contributed by atoms with E-state index in [1.54, 1.807) is 0 Å². The Hall–Kier alpha value is -1.92. The Morgan fingerprint density at radius 1 is 1.56 bits per heavy atom. The molecular formula is C9H13FN4O2. The Bertz CT molecular complexity index is 373. The maximum atomic E-state index is 13.2. The number of nitrogens with zero attached hydrogens (tertiary/aromatic N) is 2. The van der Waals surface area contributed by atoms with Crippen LogP contribution in [0.5, 0.6) is 0 Å². The topological polar surface area (TPSA) is 76.1 Å². The first kappa shape index (κ1) is 12.2. The summed E-state index contributed by atoms with van der Waals surface area (Å²) in [7, 11) is 1.25. The summed E-state index contributed by atoms with van der Waals surface area (Å²) in [6.45, 7) is 2.35. The molecule has 16 heavy (non-hydrogen) atoms. The largest absolute Gasteiger partial charge is 0.468 e.